The Labute approximate surface area is 175 Å². The first-order valence-corrected chi connectivity index (χ1v) is 9.81. The third kappa shape index (κ3) is 4.35. The quantitative estimate of drug-likeness (QED) is 0.546. The maximum Gasteiger partial charge on any atom is 0.358 e. The second-order valence-electron chi connectivity index (χ2n) is 6.99. The fraction of sp³-hybridized carbons (Fsp3) is 0.261. The SMILES string of the molecule is CCCCc1nc(N)c(C(=O)OC)n1Cc1ccc(-c2ccccc2C(=O)O)cc1. The molecule has 30 heavy (non-hydrogen) atoms. The van der Waals surface area contributed by atoms with E-state index in [-0.39, 0.29) is 17.1 Å². The first-order valence-electron chi connectivity index (χ1n) is 9.81. The van der Waals surface area contributed by atoms with Crippen molar-refractivity contribution in [2.45, 2.75) is 32.7 Å². The number of carboxylic acid groups (broad SMARTS) is 1. The van der Waals surface area contributed by atoms with Gasteiger partial charge in [0.05, 0.1) is 12.7 Å². The Morgan fingerprint density at radius 1 is 1.13 bits per heavy atom. The van der Waals surface area contributed by atoms with Crippen LogP contribution < -0.4 is 5.73 Å². The van der Waals surface area contributed by atoms with Gasteiger partial charge >= 0.3 is 11.9 Å². The molecule has 0 bridgehead atoms. The molecule has 1 aromatic heterocycles. The lowest BCUT2D eigenvalue weighted by molar-refractivity contribution is 0.0589. The monoisotopic (exact) mass is 407 g/mol. The Kier molecular flexibility index (Phi) is 6.51. The molecule has 156 valence electrons. The second kappa shape index (κ2) is 9.26. The molecule has 0 saturated heterocycles. The number of unbranched alkanes of at least 4 members (excludes halogenated alkanes) is 1. The molecule has 0 fully saturated rings. The number of hydrogen-bond donors (Lipinski definition) is 2. The van der Waals surface area contributed by atoms with Gasteiger partial charge in [0, 0.05) is 13.0 Å². The van der Waals surface area contributed by atoms with Crippen LogP contribution in [-0.2, 0) is 17.7 Å². The third-order valence-corrected chi connectivity index (χ3v) is 4.97. The summed E-state index contributed by atoms with van der Waals surface area (Å²) in [5, 5.41) is 9.42. The van der Waals surface area contributed by atoms with Crippen molar-refractivity contribution in [2.24, 2.45) is 0 Å². The molecule has 3 aromatic rings. The molecular formula is C23H25N3O4. The van der Waals surface area contributed by atoms with E-state index in [0.29, 0.717) is 18.5 Å². The summed E-state index contributed by atoms with van der Waals surface area (Å²) < 4.78 is 6.69. The zero-order valence-corrected chi connectivity index (χ0v) is 17.1. The Morgan fingerprint density at radius 3 is 2.47 bits per heavy atom. The predicted molar refractivity (Wildman–Crippen MR) is 115 cm³/mol. The van der Waals surface area contributed by atoms with Crippen molar-refractivity contribution >= 4 is 17.8 Å². The number of carbonyl (C=O) groups excluding carboxylic acids is 1. The summed E-state index contributed by atoms with van der Waals surface area (Å²) in [6.45, 7) is 2.50. The highest BCUT2D eigenvalue weighted by atomic mass is 16.5. The van der Waals surface area contributed by atoms with Crippen LogP contribution in [0, 0.1) is 0 Å². The smallest absolute Gasteiger partial charge is 0.358 e. The van der Waals surface area contributed by atoms with Crippen LogP contribution in [0.25, 0.3) is 11.1 Å². The molecule has 0 aliphatic carbocycles. The van der Waals surface area contributed by atoms with Crippen LogP contribution in [0.5, 0.6) is 0 Å². The molecule has 7 nitrogen and oxygen atoms in total. The van der Waals surface area contributed by atoms with Crippen molar-refractivity contribution in [3.05, 3.63) is 71.2 Å². The lowest BCUT2D eigenvalue weighted by Gasteiger charge is -2.12. The minimum Gasteiger partial charge on any atom is -0.478 e. The molecule has 7 heteroatoms. The first-order chi connectivity index (χ1) is 14.5. The number of rotatable bonds is 8. The Hall–Kier alpha value is -3.61. The number of carbonyl (C=O) groups is 2. The maximum absolute atomic E-state index is 12.3. The minimum atomic E-state index is -0.966. The van der Waals surface area contributed by atoms with E-state index in [1.165, 1.54) is 7.11 Å². The number of esters is 1. The van der Waals surface area contributed by atoms with E-state index in [9.17, 15) is 14.7 Å². The van der Waals surface area contributed by atoms with Crippen molar-refractivity contribution in [1.29, 1.82) is 0 Å². The van der Waals surface area contributed by atoms with E-state index in [0.717, 1.165) is 29.8 Å². The standard InChI is InChI=1S/C23H25N3O4/c1-3-4-9-19-25-21(24)20(23(29)30-2)26(19)14-15-10-12-16(13-11-15)17-7-5-6-8-18(17)22(27)28/h5-8,10-13H,3-4,9,14,24H2,1-2H3,(H,27,28). The van der Waals surface area contributed by atoms with Crippen LogP contribution in [0.2, 0.25) is 0 Å². The van der Waals surface area contributed by atoms with Gasteiger partial charge in [0.1, 0.15) is 5.82 Å². The van der Waals surface area contributed by atoms with Gasteiger partial charge in [0.25, 0.3) is 0 Å². The van der Waals surface area contributed by atoms with E-state index in [1.807, 2.05) is 30.3 Å². The molecule has 3 N–H and O–H groups in total. The number of aromatic nitrogens is 2. The molecule has 0 amide bonds. The normalized spacial score (nSPS) is 10.7. The number of nitrogens with zero attached hydrogens (tertiary/aromatic N) is 2. The Balaban J connectivity index is 1.94. The van der Waals surface area contributed by atoms with Crippen molar-refractivity contribution in [3.63, 3.8) is 0 Å². The van der Waals surface area contributed by atoms with Crippen molar-refractivity contribution < 1.29 is 19.4 Å². The average Bonchev–Trinajstić information content (AvgIpc) is 3.06. The summed E-state index contributed by atoms with van der Waals surface area (Å²) in [4.78, 5) is 28.1. The number of hydrogen-bond acceptors (Lipinski definition) is 5. The lowest BCUT2D eigenvalue weighted by Crippen LogP contribution is -2.15. The molecule has 0 radical (unpaired) electrons. The molecule has 0 unspecified atom stereocenters. The summed E-state index contributed by atoms with van der Waals surface area (Å²) >= 11 is 0. The lowest BCUT2D eigenvalue weighted by atomic mass is 9.99. The van der Waals surface area contributed by atoms with Crippen LogP contribution in [0.1, 0.15) is 52.0 Å². The number of methoxy groups -OCH3 is 1. The van der Waals surface area contributed by atoms with Gasteiger partial charge in [-0.3, -0.25) is 0 Å². The van der Waals surface area contributed by atoms with Gasteiger partial charge in [0.15, 0.2) is 11.5 Å². The van der Waals surface area contributed by atoms with Gasteiger partial charge in [-0.2, -0.15) is 0 Å². The highest BCUT2D eigenvalue weighted by Gasteiger charge is 2.22. The van der Waals surface area contributed by atoms with Gasteiger partial charge in [-0.05, 0) is 29.2 Å². The van der Waals surface area contributed by atoms with Gasteiger partial charge in [0.2, 0.25) is 0 Å². The van der Waals surface area contributed by atoms with Gasteiger partial charge in [-0.15, -0.1) is 0 Å². The van der Waals surface area contributed by atoms with Crippen molar-refractivity contribution in [2.75, 3.05) is 12.8 Å². The van der Waals surface area contributed by atoms with Crippen LogP contribution in [0.15, 0.2) is 48.5 Å². The second-order valence-corrected chi connectivity index (χ2v) is 6.99. The number of aromatic carboxylic acids is 1. The van der Waals surface area contributed by atoms with Gasteiger partial charge < -0.3 is 20.1 Å². The maximum atomic E-state index is 12.3. The van der Waals surface area contributed by atoms with Crippen LogP contribution in [0.4, 0.5) is 5.82 Å². The van der Waals surface area contributed by atoms with Crippen LogP contribution in [-0.4, -0.2) is 33.7 Å². The Bertz CT molecular complexity index is 1050. The van der Waals surface area contributed by atoms with E-state index >= 15 is 0 Å². The molecule has 0 aliphatic heterocycles. The fourth-order valence-corrected chi connectivity index (χ4v) is 3.42. The number of benzene rings is 2. The highest BCUT2D eigenvalue weighted by molar-refractivity contribution is 5.96. The predicted octanol–water partition coefficient (Wildman–Crippen LogP) is 4.01. The van der Waals surface area contributed by atoms with Crippen molar-refractivity contribution in [3.8, 4) is 11.1 Å². The van der Waals surface area contributed by atoms with Crippen molar-refractivity contribution in [1.82, 2.24) is 9.55 Å². The number of ether oxygens (including phenoxy) is 1. The molecule has 1 heterocycles. The van der Waals surface area contributed by atoms with E-state index in [2.05, 4.69) is 11.9 Å². The van der Waals surface area contributed by atoms with Gasteiger partial charge in [-0.1, -0.05) is 55.8 Å². The topological polar surface area (TPSA) is 107 Å². The average molecular weight is 407 g/mol. The molecule has 0 aliphatic rings. The molecule has 2 aromatic carbocycles. The van der Waals surface area contributed by atoms with Crippen LogP contribution >= 0.6 is 0 Å². The summed E-state index contributed by atoms with van der Waals surface area (Å²) in [6.07, 6.45) is 2.64. The molecule has 0 atom stereocenters. The third-order valence-electron chi connectivity index (χ3n) is 4.97. The number of carboxylic acids is 1. The number of aryl methyl sites for hydroxylation is 1. The van der Waals surface area contributed by atoms with E-state index in [4.69, 9.17) is 10.5 Å². The molecule has 0 spiro atoms. The number of nitrogen functional groups attached to an aromatic ring is 1. The van der Waals surface area contributed by atoms with E-state index in [1.54, 1.807) is 22.8 Å². The molecule has 0 saturated carbocycles. The fourth-order valence-electron chi connectivity index (χ4n) is 3.42. The zero-order valence-electron chi connectivity index (χ0n) is 17.1. The van der Waals surface area contributed by atoms with Gasteiger partial charge in [-0.25, -0.2) is 14.6 Å². The molecular weight excluding hydrogens is 382 g/mol. The zero-order chi connectivity index (χ0) is 21.7. The van der Waals surface area contributed by atoms with Crippen LogP contribution in [0.3, 0.4) is 0 Å². The number of nitrogens with two attached hydrogens (primary N) is 1. The summed E-state index contributed by atoms with van der Waals surface area (Å²) in [5.41, 5.74) is 8.91. The first kappa shape index (κ1) is 21.1. The molecule has 3 rings (SSSR count). The Morgan fingerprint density at radius 2 is 1.83 bits per heavy atom. The largest absolute Gasteiger partial charge is 0.478 e. The minimum absolute atomic E-state index is 0.167. The summed E-state index contributed by atoms with van der Waals surface area (Å²) in [7, 11) is 1.32. The number of imidazole rings is 1. The number of anilines is 1. The van der Waals surface area contributed by atoms with E-state index < -0.39 is 11.9 Å². The summed E-state index contributed by atoms with van der Waals surface area (Å²) in [5.74, 6) is -0.573. The summed E-state index contributed by atoms with van der Waals surface area (Å²) in [6, 6.07) is 14.5. The highest BCUT2D eigenvalue weighted by Crippen LogP contribution is 2.25.